The van der Waals surface area contributed by atoms with Crippen molar-refractivity contribution in [1.29, 1.82) is 0 Å². The topological polar surface area (TPSA) is 49.4 Å². The van der Waals surface area contributed by atoms with Crippen molar-refractivity contribution in [1.82, 2.24) is 10.2 Å². The number of urea groups is 1. The van der Waals surface area contributed by atoms with E-state index in [1.807, 2.05) is 67.6 Å². The maximum absolute atomic E-state index is 12.7. The third-order valence-electron chi connectivity index (χ3n) is 4.34. The quantitative estimate of drug-likeness (QED) is 0.393. The number of benzene rings is 2. The first-order chi connectivity index (χ1) is 14.0. The summed E-state index contributed by atoms with van der Waals surface area (Å²) in [6.07, 6.45) is 1.73. The highest BCUT2D eigenvalue weighted by atomic mass is 35.5. The molecule has 1 N–H and O–H groups in total. The van der Waals surface area contributed by atoms with Crippen molar-refractivity contribution in [2.75, 3.05) is 0 Å². The molecule has 0 atom stereocenters. The van der Waals surface area contributed by atoms with E-state index in [0.29, 0.717) is 10.7 Å². The molecule has 1 saturated heterocycles. The lowest BCUT2D eigenvalue weighted by Gasteiger charge is -2.11. The second kappa shape index (κ2) is 8.45. The number of imide groups is 1. The Hall–Kier alpha value is -2.54. The first-order valence-electron chi connectivity index (χ1n) is 8.91. The van der Waals surface area contributed by atoms with Gasteiger partial charge in [-0.1, -0.05) is 53.2 Å². The largest absolute Gasteiger partial charge is 0.329 e. The van der Waals surface area contributed by atoms with Crippen molar-refractivity contribution in [3.05, 3.63) is 87.4 Å². The molecule has 0 saturated carbocycles. The molecule has 0 bridgehead atoms. The molecule has 29 heavy (non-hydrogen) atoms. The second-order valence-corrected chi connectivity index (χ2v) is 9.50. The number of nitrogens with zero attached hydrogens (tertiary/aromatic N) is 1. The molecule has 1 aliphatic heterocycles. The zero-order valence-corrected chi connectivity index (χ0v) is 17.9. The molecule has 4 rings (SSSR count). The molecule has 0 unspecified atom stereocenters. The van der Waals surface area contributed by atoms with Crippen LogP contribution in [0.4, 0.5) is 4.79 Å². The minimum absolute atomic E-state index is 0.254. The molecule has 3 amide bonds. The van der Waals surface area contributed by atoms with Gasteiger partial charge in [-0.15, -0.1) is 11.3 Å². The fourth-order valence-corrected chi connectivity index (χ4v) is 5.01. The van der Waals surface area contributed by atoms with Crippen LogP contribution in [-0.2, 0) is 11.3 Å². The third kappa shape index (κ3) is 4.72. The van der Waals surface area contributed by atoms with Gasteiger partial charge in [0.15, 0.2) is 0 Å². The average Bonchev–Trinajstić information content (AvgIpc) is 3.25. The normalized spacial score (nSPS) is 15.2. The molecule has 7 heteroatoms. The van der Waals surface area contributed by atoms with Crippen molar-refractivity contribution in [2.45, 2.75) is 22.6 Å². The van der Waals surface area contributed by atoms with E-state index in [4.69, 9.17) is 11.6 Å². The molecule has 2 heterocycles. The van der Waals surface area contributed by atoms with Crippen LogP contribution in [0.5, 0.6) is 0 Å². The number of hydrogen-bond acceptors (Lipinski definition) is 4. The number of aryl methyl sites for hydroxylation is 1. The van der Waals surface area contributed by atoms with Gasteiger partial charge in [0.05, 0.1) is 10.8 Å². The van der Waals surface area contributed by atoms with Crippen LogP contribution in [0.25, 0.3) is 6.08 Å². The molecule has 1 aliphatic rings. The first kappa shape index (κ1) is 19.8. The minimum atomic E-state index is -0.394. The summed E-state index contributed by atoms with van der Waals surface area (Å²) < 4.78 is 1.09. The maximum Gasteiger partial charge on any atom is 0.329 e. The van der Waals surface area contributed by atoms with E-state index in [1.54, 1.807) is 29.2 Å². The van der Waals surface area contributed by atoms with Gasteiger partial charge < -0.3 is 5.32 Å². The number of carbonyl (C=O) groups is 2. The summed E-state index contributed by atoms with van der Waals surface area (Å²) in [6.45, 7) is 2.25. The SMILES string of the molecule is Cc1ccc(CN2C(=O)N/C(=C/c3ccc(Sc4ccc(Cl)cc4)s3)C2=O)cc1. The van der Waals surface area contributed by atoms with Gasteiger partial charge >= 0.3 is 6.03 Å². The van der Waals surface area contributed by atoms with Crippen LogP contribution in [0.15, 0.2) is 75.5 Å². The van der Waals surface area contributed by atoms with Gasteiger partial charge in [-0.25, -0.2) is 4.79 Å². The Morgan fingerprint density at radius 2 is 1.76 bits per heavy atom. The summed E-state index contributed by atoms with van der Waals surface area (Å²) >= 11 is 9.11. The Balaban J connectivity index is 1.46. The van der Waals surface area contributed by atoms with E-state index >= 15 is 0 Å². The smallest absolute Gasteiger partial charge is 0.303 e. The van der Waals surface area contributed by atoms with Crippen LogP contribution in [0.1, 0.15) is 16.0 Å². The van der Waals surface area contributed by atoms with Crippen LogP contribution < -0.4 is 5.32 Å². The average molecular weight is 441 g/mol. The fraction of sp³-hybridized carbons (Fsp3) is 0.0909. The number of halogens is 1. The Kier molecular flexibility index (Phi) is 5.76. The standard InChI is InChI=1S/C22H17ClN2O2S2/c1-14-2-4-15(5-3-14)13-25-21(26)19(24-22(25)27)12-18-10-11-20(29-18)28-17-8-6-16(23)7-9-17/h2-12H,13H2,1H3,(H,24,27)/b19-12+. The van der Waals surface area contributed by atoms with Crippen LogP contribution >= 0.6 is 34.7 Å². The van der Waals surface area contributed by atoms with Gasteiger partial charge in [-0.2, -0.15) is 0 Å². The van der Waals surface area contributed by atoms with Crippen molar-refractivity contribution >= 4 is 52.7 Å². The summed E-state index contributed by atoms with van der Waals surface area (Å²) in [5, 5.41) is 3.39. The summed E-state index contributed by atoms with van der Waals surface area (Å²) in [4.78, 5) is 28.2. The van der Waals surface area contributed by atoms with Gasteiger partial charge in [0.2, 0.25) is 0 Å². The lowest BCUT2D eigenvalue weighted by molar-refractivity contribution is -0.123. The van der Waals surface area contributed by atoms with E-state index in [-0.39, 0.29) is 12.5 Å². The lowest BCUT2D eigenvalue weighted by Crippen LogP contribution is -2.30. The van der Waals surface area contributed by atoms with Gasteiger partial charge in [-0.05, 0) is 55.0 Å². The molecule has 3 aromatic rings. The van der Waals surface area contributed by atoms with Gasteiger partial charge in [-0.3, -0.25) is 9.69 Å². The molecular formula is C22H17ClN2O2S2. The van der Waals surface area contributed by atoms with E-state index in [1.165, 1.54) is 4.90 Å². The summed E-state index contributed by atoms with van der Waals surface area (Å²) in [5.74, 6) is -0.309. The summed E-state index contributed by atoms with van der Waals surface area (Å²) in [5.41, 5.74) is 2.35. The number of hydrogen-bond donors (Lipinski definition) is 1. The van der Waals surface area contributed by atoms with Crippen LogP contribution in [0.2, 0.25) is 5.02 Å². The van der Waals surface area contributed by atoms with Gasteiger partial charge in [0.1, 0.15) is 5.70 Å². The molecule has 1 aromatic heterocycles. The molecule has 2 aromatic carbocycles. The predicted molar refractivity (Wildman–Crippen MR) is 118 cm³/mol. The number of carbonyl (C=O) groups excluding carboxylic acids is 2. The highest BCUT2D eigenvalue weighted by molar-refractivity contribution is 8.01. The van der Waals surface area contributed by atoms with Crippen molar-refractivity contribution in [3.8, 4) is 0 Å². The number of nitrogens with one attached hydrogen (secondary N) is 1. The Labute approximate surface area is 182 Å². The van der Waals surface area contributed by atoms with Crippen molar-refractivity contribution in [2.24, 2.45) is 0 Å². The Morgan fingerprint density at radius 3 is 2.48 bits per heavy atom. The summed E-state index contributed by atoms with van der Waals surface area (Å²) in [7, 11) is 0. The Morgan fingerprint density at radius 1 is 1.03 bits per heavy atom. The lowest BCUT2D eigenvalue weighted by atomic mass is 10.1. The molecule has 4 nitrogen and oxygen atoms in total. The molecule has 1 fully saturated rings. The van der Waals surface area contributed by atoms with Crippen LogP contribution in [0.3, 0.4) is 0 Å². The number of thiophene rings is 1. The van der Waals surface area contributed by atoms with Gasteiger partial charge in [0, 0.05) is 14.8 Å². The monoisotopic (exact) mass is 440 g/mol. The van der Waals surface area contributed by atoms with Crippen LogP contribution in [0, 0.1) is 6.92 Å². The summed E-state index contributed by atoms with van der Waals surface area (Å²) in [6, 6.07) is 19.0. The third-order valence-corrected chi connectivity index (χ3v) is 6.77. The van der Waals surface area contributed by atoms with E-state index < -0.39 is 6.03 Å². The van der Waals surface area contributed by atoms with E-state index in [0.717, 1.165) is 25.1 Å². The molecular weight excluding hydrogens is 424 g/mol. The Bertz CT molecular complexity index is 1090. The molecule has 0 spiro atoms. The van der Waals surface area contributed by atoms with Crippen LogP contribution in [-0.4, -0.2) is 16.8 Å². The number of rotatable bonds is 5. The number of amides is 3. The van der Waals surface area contributed by atoms with E-state index in [9.17, 15) is 9.59 Å². The predicted octanol–water partition coefficient (Wildman–Crippen LogP) is 5.95. The van der Waals surface area contributed by atoms with E-state index in [2.05, 4.69) is 5.32 Å². The zero-order chi connectivity index (χ0) is 20.4. The van der Waals surface area contributed by atoms with Gasteiger partial charge in [0.25, 0.3) is 5.91 Å². The molecule has 0 radical (unpaired) electrons. The highest BCUT2D eigenvalue weighted by Gasteiger charge is 2.33. The maximum atomic E-state index is 12.7. The zero-order valence-electron chi connectivity index (χ0n) is 15.5. The molecule has 0 aliphatic carbocycles. The minimum Gasteiger partial charge on any atom is -0.303 e. The van der Waals surface area contributed by atoms with Crippen molar-refractivity contribution < 1.29 is 9.59 Å². The second-order valence-electron chi connectivity index (χ2n) is 6.58. The fourth-order valence-electron chi connectivity index (χ4n) is 2.82. The van der Waals surface area contributed by atoms with Crippen molar-refractivity contribution in [3.63, 3.8) is 0 Å². The molecule has 146 valence electrons. The first-order valence-corrected chi connectivity index (χ1v) is 10.9. The highest BCUT2D eigenvalue weighted by Crippen LogP contribution is 2.34.